The van der Waals surface area contributed by atoms with E-state index in [0.29, 0.717) is 5.92 Å². The predicted octanol–water partition coefficient (Wildman–Crippen LogP) is 8.94. The molecule has 0 radical (unpaired) electrons. The molecule has 0 N–H and O–H groups in total. The number of unbranched alkanes of at least 4 members (excludes halogenated alkanes) is 11. The maximum atomic E-state index is 12.2. The highest BCUT2D eigenvalue weighted by atomic mass is 16.1. The van der Waals surface area contributed by atoms with Crippen molar-refractivity contribution in [2.75, 3.05) is 0 Å². The third kappa shape index (κ3) is 10.5. The lowest BCUT2D eigenvalue weighted by molar-refractivity contribution is -0.119. The molecular formula is C28H48O. The number of hydrogen-bond acceptors (Lipinski definition) is 1. The number of benzene rings is 1. The number of carbonyl (C=O) groups excluding carboxylic acids is 1. The van der Waals surface area contributed by atoms with Gasteiger partial charge in [0.25, 0.3) is 0 Å². The van der Waals surface area contributed by atoms with Crippen LogP contribution in [-0.2, 0) is 11.2 Å². The monoisotopic (exact) mass is 400 g/mol. The van der Waals surface area contributed by atoms with Gasteiger partial charge in [-0.25, -0.2) is 0 Å². The molecule has 166 valence electrons. The molecule has 0 aliphatic carbocycles. The molecule has 1 heteroatoms. The summed E-state index contributed by atoms with van der Waals surface area (Å²) >= 11 is 0. The van der Waals surface area contributed by atoms with Crippen LogP contribution in [0.4, 0.5) is 0 Å². The van der Waals surface area contributed by atoms with Gasteiger partial charge in [-0.1, -0.05) is 135 Å². The van der Waals surface area contributed by atoms with Gasteiger partial charge in [0.05, 0.1) is 0 Å². The van der Waals surface area contributed by atoms with E-state index in [1.165, 1.54) is 95.3 Å². The van der Waals surface area contributed by atoms with Gasteiger partial charge in [-0.15, -0.1) is 0 Å². The summed E-state index contributed by atoms with van der Waals surface area (Å²) in [5.41, 5.74) is 1.11. The molecule has 2 atom stereocenters. The number of rotatable bonds is 19. The third-order valence-electron chi connectivity index (χ3n) is 6.98. The Morgan fingerprint density at radius 2 is 1.28 bits per heavy atom. The van der Waals surface area contributed by atoms with E-state index in [2.05, 4.69) is 51.1 Å². The first-order valence-electron chi connectivity index (χ1n) is 12.7. The van der Waals surface area contributed by atoms with Gasteiger partial charge in [0.1, 0.15) is 6.29 Å². The minimum atomic E-state index is -0.187. The molecule has 0 aromatic heterocycles. The van der Waals surface area contributed by atoms with Crippen molar-refractivity contribution in [3.8, 4) is 0 Å². The van der Waals surface area contributed by atoms with Crippen molar-refractivity contribution in [1.29, 1.82) is 0 Å². The Balaban J connectivity index is 2.25. The Morgan fingerprint density at radius 1 is 0.759 bits per heavy atom. The van der Waals surface area contributed by atoms with Crippen molar-refractivity contribution in [2.45, 2.75) is 124 Å². The van der Waals surface area contributed by atoms with Crippen LogP contribution in [-0.4, -0.2) is 6.29 Å². The summed E-state index contributed by atoms with van der Waals surface area (Å²) in [5, 5.41) is 0. The molecule has 1 aromatic carbocycles. The van der Waals surface area contributed by atoms with Gasteiger partial charge < -0.3 is 4.79 Å². The quantitative estimate of drug-likeness (QED) is 0.167. The van der Waals surface area contributed by atoms with Crippen molar-refractivity contribution in [1.82, 2.24) is 0 Å². The average Bonchev–Trinajstić information content (AvgIpc) is 2.76. The fourth-order valence-electron chi connectivity index (χ4n) is 4.88. The molecule has 0 saturated carbocycles. The molecule has 0 saturated heterocycles. The lowest BCUT2D eigenvalue weighted by Gasteiger charge is -2.35. The fourth-order valence-corrected chi connectivity index (χ4v) is 4.88. The van der Waals surface area contributed by atoms with Crippen LogP contribution in [0.5, 0.6) is 0 Å². The first-order valence-corrected chi connectivity index (χ1v) is 12.7. The zero-order valence-electron chi connectivity index (χ0n) is 19.8. The Bertz CT molecular complexity index is 494. The molecule has 0 aliphatic heterocycles. The maximum Gasteiger partial charge on any atom is 0.126 e. The molecule has 1 aromatic rings. The predicted molar refractivity (Wildman–Crippen MR) is 128 cm³/mol. The van der Waals surface area contributed by atoms with Crippen LogP contribution in [0.1, 0.15) is 123 Å². The summed E-state index contributed by atoms with van der Waals surface area (Å²) < 4.78 is 0. The van der Waals surface area contributed by atoms with Crippen LogP contribution >= 0.6 is 0 Å². The van der Waals surface area contributed by atoms with E-state index in [0.717, 1.165) is 19.3 Å². The fraction of sp³-hybridized carbons (Fsp3) is 0.750. The highest BCUT2D eigenvalue weighted by molar-refractivity contribution is 5.60. The van der Waals surface area contributed by atoms with Crippen LogP contribution in [0, 0.1) is 11.3 Å². The van der Waals surface area contributed by atoms with Gasteiger partial charge in [0.2, 0.25) is 0 Å². The van der Waals surface area contributed by atoms with Gasteiger partial charge in [-0.3, -0.25) is 0 Å². The maximum absolute atomic E-state index is 12.2. The lowest BCUT2D eigenvalue weighted by Crippen LogP contribution is -2.34. The van der Waals surface area contributed by atoms with Gasteiger partial charge in [-0.2, -0.15) is 0 Å². The third-order valence-corrected chi connectivity index (χ3v) is 6.98. The van der Waals surface area contributed by atoms with E-state index < -0.39 is 0 Å². The summed E-state index contributed by atoms with van der Waals surface area (Å²) in [5.74, 6) is 0.508. The molecule has 0 fully saturated rings. The zero-order chi connectivity index (χ0) is 21.2. The van der Waals surface area contributed by atoms with Gasteiger partial charge in [-0.05, 0) is 30.7 Å². The van der Waals surface area contributed by atoms with Crippen LogP contribution < -0.4 is 0 Å². The van der Waals surface area contributed by atoms with Crippen LogP contribution in [0.15, 0.2) is 30.3 Å². The Hall–Kier alpha value is -1.11. The second kappa shape index (κ2) is 16.7. The topological polar surface area (TPSA) is 17.1 Å². The second-order valence-corrected chi connectivity index (χ2v) is 9.15. The minimum Gasteiger partial charge on any atom is -0.303 e. The Kier molecular flexibility index (Phi) is 14.9. The minimum absolute atomic E-state index is 0.187. The smallest absolute Gasteiger partial charge is 0.126 e. The van der Waals surface area contributed by atoms with Crippen molar-refractivity contribution in [2.24, 2.45) is 11.3 Å². The summed E-state index contributed by atoms with van der Waals surface area (Å²) in [7, 11) is 0. The number of hydrogen-bond donors (Lipinski definition) is 0. The molecule has 0 spiro atoms. The van der Waals surface area contributed by atoms with Crippen molar-refractivity contribution in [3.63, 3.8) is 0 Å². The van der Waals surface area contributed by atoms with Crippen molar-refractivity contribution >= 4 is 6.29 Å². The first kappa shape index (κ1) is 25.9. The average molecular weight is 401 g/mol. The van der Waals surface area contributed by atoms with Crippen LogP contribution in [0.2, 0.25) is 0 Å². The van der Waals surface area contributed by atoms with Gasteiger partial charge >= 0.3 is 0 Å². The standard InChI is InChI=1S/C28H48O/c1-4-7-8-9-10-11-12-13-14-15-16-20-23-27(5-2)28(6-3,25-29)24-26-21-18-17-19-22-26/h17-19,21-22,25,27H,4-16,20,23-24H2,1-3H3. The van der Waals surface area contributed by atoms with Crippen molar-refractivity contribution in [3.05, 3.63) is 35.9 Å². The van der Waals surface area contributed by atoms with Crippen LogP contribution in [0.3, 0.4) is 0 Å². The summed E-state index contributed by atoms with van der Waals surface area (Å²) in [6.45, 7) is 6.75. The van der Waals surface area contributed by atoms with E-state index >= 15 is 0 Å². The van der Waals surface area contributed by atoms with Crippen molar-refractivity contribution < 1.29 is 4.79 Å². The Morgan fingerprint density at radius 3 is 1.72 bits per heavy atom. The second-order valence-electron chi connectivity index (χ2n) is 9.15. The molecule has 0 amide bonds. The molecular weight excluding hydrogens is 352 g/mol. The van der Waals surface area contributed by atoms with E-state index in [1.54, 1.807) is 0 Å². The normalized spacial score (nSPS) is 14.4. The molecule has 0 aliphatic rings. The highest BCUT2D eigenvalue weighted by Gasteiger charge is 2.35. The van der Waals surface area contributed by atoms with E-state index in [1.807, 2.05) is 0 Å². The first-order chi connectivity index (χ1) is 14.2. The van der Waals surface area contributed by atoms with E-state index in [9.17, 15) is 4.79 Å². The van der Waals surface area contributed by atoms with E-state index in [-0.39, 0.29) is 5.41 Å². The number of aldehydes is 1. The Labute approximate surface area is 182 Å². The molecule has 29 heavy (non-hydrogen) atoms. The summed E-state index contributed by atoms with van der Waals surface area (Å²) in [4.78, 5) is 12.2. The molecule has 1 nitrogen and oxygen atoms in total. The molecule has 0 bridgehead atoms. The summed E-state index contributed by atoms with van der Waals surface area (Å²) in [6.07, 6.45) is 22.1. The highest BCUT2D eigenvalue weighted by Crippen LogP contribution is 2.39. The molecule has 0 heterocycles. The number of carbonyl (C=O) groups is 1. The lowest BCUT2D eigenvalue weighted by atomic mass is 9.67. The summed E-state index contributed by atoms with van der Waals surface area (Å²) in [6, 6.07) is 10.6. The SMILES string of the molecule is CCCCCCCCCCCCCCC(CC)C(C=O)(CC)Cc1ccccc1. The van der Waals surface area contributed by atoms with E-state index in [4.69, 9.17) is 0 Å². The van der Waals surface area contributed by atoms with Crippen LogP contribution in [0.25, 0.3) is 0 Å². The van der Waals surface area contributed by atoms with Gasteiger partial charge in [0, 0.05) is 5.41 Å². The molecule has 2 unspecified atom stereocenters. The van der Waals surface area contributed by atoms with Gasteiger partial charge in [0.15, 0.2) is 0 Å². The zero-order valence-corrected chi connectivity index (χ0v) is 19.8. The molecule has 1 rings (SSSR count). The largest absolute Gasteiger partial charge is 0.303 e.